The second-order valence-electron chi connectivity index (χ2n) is 2.77. The van der Waals surface area contributed by atoms with E-state index in [1.165, 1.54) is 18.2 Å². The zero-order chi connectivity index (χ0) is 10.8. The van der Waals surface area contributed by atoms with Crippen LogP contribution in [0.1, 0.15) is 0 Å². The highest BCUT2D eigenvalue weighted by atomic mass is 35.5. The van der Waals surface area contributed by atoms with Crippen molar-refractivity contribution in [1.82, 2.24) is 0 Å². The molecule has 0 N–H and O–H groups in total. The molecule has 1 atom stereocenters. The Morgan fingerprint density at radius 2 is 1.93 bits per heavy atom. The third kappa shape index (κ3) is 3.52. The van der Waals surface area contributed by atoms with Crippen molar-refractivity contribution in [3.63, 3.8) is 0 Å². The van der Waals surface area contributed by atoms with Gasteiger partial charge in [-0.15, -0.1) is 0 Å². The molecule has 0 bridgehead atoms. The molecule has 6 heteroatoms. The molecule has 0 aliphatic heterocycles. The molecule has 0 spiro atoms. The molecule has 0 radical (unpaired) electrons. The van der Waals surface area contributed by atoms with Crippen molar-refractivity contribution in [2.24, 2.45) is 0 Å². The summed E-state index contributed by atoms with van der Waals surface area (Å²) in [6.45, 7) is -1.36. The van der Waals surface area contributed by atoms with Crippen LogP contribution in [0.25, 0.3) is 0 Å². The summed E-state index contributed by atoms with van der Waals surface area (Å²) >= 11 is 11.4. The number of hydrogen-bond donors (Lipinski definition) is 0. The lowest BCUT2D eigenvalue weighted by molar-refractivity contribution is -0.181. The van der Waals surface area contributed by atoms with Crippen LogP contribution in [0.15, 0.2) is 24.3 Å². The van der Waals surface area contributed by atoms with Crippen molar-refractivity contribution in [3.8, 4) is 0 Å². The fourth-order valence-corrected chi connectivity index (χ4v) is 1.34. The summed E-state index contributed by atoms with van der Waals surface area (Å²) in [5, 5.41) is 0. The molecule has 14 heavy (non-hydrogen) atoms. The molecule has 0 saturated heterocycles. The minimum Gasteiger partial charge on any atom is -0.361 e. The fourth-order valence-electron chi connectivity index (χ4n) is 0.923. The molecule has 1 rings (SSSR count). The molecule has 0 aromatic heterocycles. The van der Waals surface area contributed by atoms with Gasteiger partial charge in [0.2, 0.25) is 0 Å². The lowest BCUT2D eigenvalue weighted by Gasteiger charge is -2.27. The monoisotopic (exact) mass is 246 g/mol. The number of alkyl halides is 5. The van der Waals surface area contributed by atoms with Gasteiger partial charge in [-0.2, -0.15) is 13.2 Å². The van der Waals surface area contributed by atoms with Gasteiger partial charge >= 0.3 is 6.18 Å². The Labute approximate surface area is 89.1 Å². The molecular formula is C8H7Cl2F3O. The molecule has 1 aliphatic rings. The molecular weight excluding hydrogens is 240 g/mol. The van der Waals surface area contributed by atoms with Crippen LogP contribution in [0.3, 0.4) is 0 Å². The van der Waals surface area contributed by atoms with E-state index in [0.29, 0.717) is 0 Å². The van der Waals surface area contributed by atoms with E-state index in [1.54, 1.807) is 6.08 Å². The standard InChI is InChI=1S/C8H7Cl2F3O/c9-7(10)4-2-1-3-6(7)14-5-8(11,12)13/h1-4,6H,5H2. The Morgan fingerprint density at radius 3 is 2.43 bits per heavy atom. The molecule has 1 unspecified atom stereocenters. The third-order valence-electron chi connectivity index (χ3n) is 1.52. The second-order valence-corrected chi connectivity index (χ2v) is 4.21. The van der Waals surface area contributed by atoms with E-state index >= 15 is 0 Å². The Morgan fingerprint density at radius 1 is 1.29 bits per heavy atom. The van der Waals surface area contributed by atoms with Gasteiger partial charge in [0.05, 0.1) is 0 Å². The number of ether oxygens (including phenoxy) is 1. The van der Waals surface area contributed by atoms with Gasteiger partial charge in [0.25, 0.3) is 0 Å². The summed E-state index contributed by atoms with van der Waals surface area (Å²) in [6.07, 6.45) is 0.483. The van der Waals surface area contributed by atoms with E-state index in [0.717, 1.165) is 0 Å². The number of allylic oxidation sites excluding steroid dienone is 2. The quantitative estimate of drug-likeness (QED) is 0.680. The van der Waals surface area contributed by atoms with Gasteiger partial charge in [-0.05, 0) is 6.08 Å². The Hall–Kier alpha value is -0.190. The molecule has 1 nitrogen and oxygen atoms in total. The van der Waals surface area contributed by atoms with Crippen molar-refractivity contribution in [3.05, 3.63) is 24.3 Å². The Balaban J connectivity index is 2.53. The Bertz CT molecular complexity index is 258. The molecule has 1 aliphatic carbocycles. The van der Waals surface area contributed by atoms with Gasteiger partial charge < -0.3 is 4.74 Å². The average molecular weight is 247 g/mol. The molecule has 0 fully saturated rings. The summed E-state index contributed by atoms with van der Waals surface area (Å²) in [5.74, 6) is 0. The minimum absolute atomic E-state index is 0.975. The topological polar surface area (TPSA) is 9.23 Å². The third-order valence-corrected chi connectivity index (χ3v) is 2.20. The fraction of sp³-hybridized carbons (Fsp3) is 0.500. The number of rotatable bonds is 2. The maximum atomic E-state index is 11.8. The molecule has 80 valence electrons. The van der Waals surface area contributed by atoms with Crippen molar-refractivity contribution < 1.29 is 17.9 Å². The highest BCUT2D eigenvalue weighted by molar-refractivity contribution is 6.50. The first-order valence-corrected chi connectivity index (χ1v) is 4.49. The van der Waals surface area contributed by atoms with Crippen LogP contribution in [0.5, 0.6) is 0 Å². The Kier molecular flexibility index (Phi) is 3.50. The summed E-state index contributed by atoms with van der Waals surface area (Å²) in [7, 11) is 0. The van der Waals surface area contributed by atoms with Crippen molar-refractivity contribution >= 4 is 23.2 Å². The van der Waals surface area contributed by atoms with Gasteiger partial charge in [-0.1, -0.05) is 41.4 Å². The average Bonchev–Trinajstić information content (AvgIpc) is 2.00. The van der Waals surface area contributed by atoms with Crippen LogP contribution in [0.2, 0.25) is 0 Å². The summed E-state index contributed by atoms with van der Waals surface area (Å²) < 4.78 is 38.5. The normalized spacial score (nSPS) is 25.4. The molecule has 0 amide bonds. The first-order chi connectivity index (χ1) is 6.31. The van der Waals surface area contributed by atoms with Gasteiger partial charge in [-0.3, -0.25) is 0 Å². The number of hydrogen-bond acceptors (Lipinski definition) is 1. The van der Waals surface area contributed by atoms with E-state index < -0.39 is 23.2 Å². The number of halogens is 5. The molecule has 0 aromatic carbocycles. The maximum Gasteiger partial charge on any atom is 0.411 e. The maximum absolute atomic E-state index is 11.8. The molecule has 0 saturated carbocycles. The predicted molar refractivity (Wildman–Crippen MR) is 48.5 cm³/mol. The smallest absolute Gasteiger partial charge is 0.361 e. The summed E-state index contributed by atoms with van der Waals surface area (Å²) in [5.41, 5.74) is 0. The predicted octanol–water partition coefficient (Wildman–Crippen LogP) is 3.23. The zero-order valence-corrected chi connectivity index (χ0v) is 8.40. The van der Waals surface area contributed by atoms with Gasteiger partial charge in [0, 0.05) is 0 Å². The van der Waals surface area contributed by atoms with Crippen LogP contribution in [0, 0.1) is 0 Å². The van der Waals surface area contributed by atoms with Crippen LogP contribution < -0.4 is 0 Å². The van der Waals surface area contributed by atoms with E-state index in [1.807, 2.05) is 0 Å². The van der Waals surface area contributed by atoms with Crippen LogP contribution in [0.4, 0.5) is 13.2 Å². The SMILES string of the molecule is FC(F)(F)COC1C=CC=CC1(Cl)Cl. The zero-order valence-electron chi connectivity index (χ0n) is 6.89. The second kappa shape index (κ2) is 4.13. The lowest BCUT2D eigenvalue weighted by atomic mass is 10.1. The summed E-state index contributed by atoms with van der Waals surface area (Å²) in [4.78, 5) is 0. The van der Waals surface area contributed by atoms with E-state index in [-0.39, 0.29) is 0 Å². The van der Waals surface area contributed by atoms with Crippen molar-refractivity contribution in [1.29, 1.82) is 0 Å². The van der Waals surface area contributed by atoms with Crippen LogP contribution in [-0.2, 0) is 4.74 Å². The van der Waals surface area contributed by atoms with Crippen molar-refractivity contribution in [2.75, 3.05) is 6.61 Å². The van der Waals surface area contributed by atoms with Crippen LogP contribution in [-0.4, -0.2) is 23.2 Å². The van der Waals surface area contributed by atoms with E-state index in [9.17, 15) is 13.2 Å². The largest absolute Gasteiger partial charge is 0.411 e. The van der Waals surface area contributed by atoms with E-state index in [4.69, 9.17) is 23.2 Å². The van der Waals surface area contributed by atoms with E-state index in [2.05, 4.69) is 4.74 Å². The highest BCUT2D eigenvalue weighted by Gasteiger charge is 2.36. The lowest BCUT2D eigenvalue weighted by Crippen LogP contribution is -2.34. The van der Waals surface area contributed by atoms with Gasteiger partial charge in [-0.25, -0.2) is 0 Å². The minimum atomic E-state index is -4.38. The molecule has 0 aromatic rings. The van der Waals surface area contributed by atoms with Gasteiger partial charge in [0.15, 0.2) is 4.33 Å². The highest BCUT2D eigenvalue weighted by Crippen LogP contribution is 2.33. The first kappa shape index (κ1) is 11.9. The molecule has 0 heterocycles. The van der Waals surface area contributed by atoms with Crippen molar-refractivity contribution in [2.45, 2.75) is 16.6 Å². The van der Waals surface area contributed by atoms with Crippen LogP contribution >= 0.6 is 23.2 Å². The first-order valence-electron chi connectivity index (χ1n) is 3.73. The van der Waals surface area contributed by atoms with Gasteiger partial charge in [0.1, 0.15) is 12.7 Å². The summed E-state index contributed by atoms with van der Waals surface area (Å²) in [6, 6.07) is 0.